The SMILES string of the molecule is Cc1ccc(CN2C(=O)C3(SCCN3C(=O)c3cccc(Cl)c3)c3cc(Cl)ccc32)cc1. The third-order valence-electron chi connectivity index (χ3n) is 5.93. The summed E-state index contributed by atoms with van der Waals surface area (Å²) >= 11 is 14.0. The number of nitrogens with zero attached hydrogens (tertiary/aromatic N) is 2. The molecular formula is C25H20Cl2N2O2S. The van der Waals surface area contributed by atoms with Gasteiger partial charge in [0.05, 0.1) is 12.2 Å². The normalized spacial score (nSPS) is 19.7. The van der Waals surface area contributed by atoms with Gasteiger partial charge in [-0.15, -0.1) is 11.8 Å². The predicted molar refractivity (Wildman–Crippen MR) is 130 cm³/mol. The van der Waals surface area contributed by atoms with Crippen LogP contribution in [-0.4, -0.2) is 29.0 Å². The van der Waals surface area contributed by atoms with Crippen molar-refractivity contribution in [3.8, 4) is 0 Å². The van der Waals surface area contributed by atoms with E-state index >= 15 is 0 Å². The van der Waals surface area contributed by atoms with Crippen LogP contribution in [-0.2, 0) is 16.2 Å². The van der Waals surface area contributed by atoms with Crippen LogP contribution in [0.1, 0.15) is 27.0 Å². The summed E-state index contributed by atoms with van der Waals surface area (Å²) in [5, 5.41) is 1.02. The molecule has 0 radical (unpaired) electrons. The fraction of sp³-hybridized carbons (Fsp3) is 0.200. The van der Waals surface area contributed by atoms with Gasteiger partial charge in [0.15, 0.2) is 4.87 Å². The second-order valence-corrected chi connectivity index (χ2v) is 10.2. The molecule has 1 atom stereocenters. The van der Waals surface area contributed by atoms with Crippen molar-refractivity contribution in [3.05, 3.63) is 99.0 Å². The van der Waals surface area contributed by atoms with Crippen LogP contribution in [0.2, 0.25) is 10.0 Å². The predicted octanol–water partition coefficient (Wildman–Crippen LogP) is 5.89. The number of carbonyl (C=O) groups excluding carboxylic acids is 2. The van der Waals surface area contributed by atoms with Crippen LogP contribution in [0.15, 0.2) is 66.7 Å². The van der Waals surface area contributed by atoms with Gasteiger partial charge in [0, 0.05) is 33.5 Å². The smallest absolute Gasteiger partial charge is 0.268 e. The molecule has 4 nitrogen and oxygen atoms in total. The van der Waals surface area contributed by atoms with Crippen LogP contribution < -0.4 is 4.90 Å². The van der Waals surface area contributed by atoms with Gasteiger partial charge in [0.1, 0.15) is 0 Å². The van der Waals surface area contributed by atoms with E-state index in [4.69, 9.17) is 23.2 Å². The molecule has 162 valence electrons. The number of amides is 2. The molecule has 2 heterocycles. The summed E-state index contributed by atoms with van der Waals surface area (Å²) in [6.45, 7) is 2.92. The Hall–Kier alpha value is -2.47. The molecule has 1 fully saturated rings. The molecule has 2 aliphatic rings. The second-order valence-electron chi connectivity index (χ2n) is 8.00. The molecule has 0 bridgehead atoms. The third-order valence-corrected chi connectivity index (χ3v) is 7.82. The highest BCUT2D eigenvalue weighted by atomic mass is 35.5. The lowest BCUT2D eigenvalue weighted by molar-refractivity contribution is -0.123. The Morgan fingerprint density at radius 1 is 1.03 bits per heavy atom. The van der Waals surface area contributed by atoms with Crippen molar-refractivity contribution >= 4 is 52.5 Å². The molecule has 3 aromatic rings. The van der Waals surface area contributed by atoms with Gasteiger partial charge >= 0.3 is 0 Å². The largest absolute Gasteiger partial charge is 0.311 e. The van der Waals surface area contributed by atoms with E-state index in [-0.39, 0.29) is 11.8 Å². The van der Waals surface area contributed by atoms with Crippen molar-refractivity contribution < 1.29 is 9.59 Å². The first-order valence-corrected chi connectivity index (χ1v) is 12.0. The van der Waals surface area contributed by atoms with Gasteiger partial charge in [-0.25, -0.2) is 0 Å². The summed E-state index contributed by atoms with van der Waals surface area (Å²) in [4.78, 5) is 29.9. The van der Waals surface area contributed by atoms with Crippen LogP contribution >= 0.6 is 35.0 Å². The van der Waals surface area contributed by atoms with Gasteiger partial charge in [-0.05, 0) is 48.9 Å². The van der Waals surface area contributed by atoms with Crippen LogP contribution in [0.25, 0.3) is 0 Å². The molecule has 1 unspecified atom stereocenters. The lowest BCUT2D eigenvalue weighted by Gasteiger charge is -2.33. The number of hydrogen-bond donors (Lipinski definition) is 0. The molecule has 2 amide bonds. The van der Waals surface area contributed by atoms with Gasteiger partial charge < -0.3 is 9.80 Å². The molecule has 0 aliphatic carbocycles. The second kappa shape index (κ2) is 8.14. The first kappa shape index (κ1) is 21.4. The average molecular weight is 483 g/mol. The van der Waals surface area contributed by atoms with Crippen molar-refractivity contribution in [2.75, 3.05) is 17.2 Å². The number of halogens is 2. The number of fused-ring (bicyclic) bond motifs is 2. The zero-order valence-corrected chi connectivity index (χ0v) is 19.7. The van der Waals surface area contributed by atoms with E-state index in [1.54, 1.807) is 40.1 Å². The van der Waals surface area contributed by atoms with E-state index in [1.807, 2.05) is 43.3 Å². The van der Waals surface area contributed by atoms with Gasteiger partial charge in [-0.3, -0.25) is 9.59 Å². The molecule has 1 saturated heterocycles. The minimum absolute atomic E-state index is 0.117. The molecule has 7 heteroatoms. The van der Waals surface area contributed by atoms with E-state index < -0.39 is 4.87 Å². The zero-order chi connectivity index (χ0) is 22.5. The summed E-state index contributed by atoms with van der Waals surface area (Å²) in [5.74, 6) is 0.324. The van der Waals surface area contributed by atoms with Gasteiger partial charge in [-0.2, -0.15) is 0 Å². The Kier molecular flexibility index (Phi) is 5.44. The molecule has 3 aromatic carbocycles. The highest BCUT2D eigenvalue weighted by Gasteiger charge is 2.59. The molecule has 0 aromatic heterocycles. The molecule has 1 spiro atoms. The summed E-state index contributed by atoms with van der Waals surface area (Å²) in [5.41, 5.74) is 4.21. The topological polar surface area (TPSA) is 40.6 Å². The van der Waals surface area contributed by atoms with Crippen molar-refractivity contribution in [1.82, 2.24) is 4.90 Å². The molecular weight excluding hydrogens is 463 g/mol. The zero-order valence-electron chi connectivity index (χ0n) is 17.3. The van der Waals surface area contributed by atoms with Crippen LogP contribution in [0, 0.1) is 6.92 Å². The monoisotopic (exact) mass is 482 g/mol. The van der Waals surface area contributed by atoms with Crippen LogP contribution in [0.5, 0.6) is 0 Å². The van der Waals surface area contributed by atoms with E-state index in [2.05, 4.69) is 0 Å². The Bertz CT molecular complexity index is 1230. The Morgan fingerprint density at radius 3 is 2.53 bits per heavy atom. The highest BCUT2D eigenvalue weighted by Crippen LogP contribution is 2.55. The Labute approximate surface area is 201 Å². The minimum Gasteiger partial charge on any atom is -0.311 e. The maximum Gasteiger partial charge on any atom is 0.268 e. The summed E-state index contributed by atoms with van der Waals surface area (Å²) in [6, 6.07) is 20.5. The summed E-state index contributed by atoms with van der Waals surface area (Å²) < 4.78 is 0. The quantitative estimate of drug-likeness (QED) is 0.467. The Balaban J connectivity index is 1.59. The minimum atomic E-state index is -1.13. The lowest BCUT2D eigenvalue weighted by Crippen LogP contribution is -2.50. The number of anilines is 1. The van der Waals surface area contributed by atoms with Crippen molar-refractivity contribution in [1.29, 1.82) is 0 Å². The van der Waals surface area contributed by atoms with E-state index in [0.717, 1.165) is 22.4 Å². The maximum atomic E-state index is 14.0. The van der Waals surface area contributed by atoms with Crippen molar-refractivity contribution in [2.24, 2.45) is 0 Å². The fourth-order valence-electron chi connectivity index (χ4n) is 4.40. The number of thioether (sulfide) groups is 1. The molecule has 5 rings (SSSR count). The fourth-order valence-corrected chi connectivity index (χ4v) is 6.21. The number of rotatable bonds is 3. The molecule has 2 aliphatic heterocycles. The average Bonchev–Trinajstić information content (AvgIpc) is 3.32. The first-order valence-electron chi connectivity index (χ1n) is 10.3. The first-order chi connectivity index (χ1) is 15.4. The van der Waals surface area contributed by atoms with Gasteiger partial charge in [-0.1, -0.05) is 59.1 Å². The third kappa shape index (κ3) is 3.40. The van der Waals surface area contributed by atoms with Crippen molar-refractivity contribution in [3.63, 3.8) is 0 Å². The number of aryl methyl sites for hydroxylation is 1. The lowest BCUT2D eigenvalue weighted by atomic mass is 10.0. The van der Waals surface area contributed by atoms with Crippen molar-refractivity contribution in [2.45, 2.75) is 18.3 Å². The van der Waals surface area contributed by atoms with E-state index in [1.165, 1.54) is 11.8 Å². The number of benzene rings is 3. The molecule has 0 N–H and O–H groups in total. The van der Waals surface area contributed by atoms with Crippen LogP contribution in [0.3, 0.4) is 0 Å². The number of hydrogen-bond acceptors (Lipinski definition) is 3. The van der Waals surface area contributed by atoms with Crippen LogP contribution in [0.4, 0.5) is 5.69 Å². The maximum absolute atomic E-state index is 14.0. The van der Waals surface area contributed by atoms with Gasteiger partial charge in [0.2, 0.25) is 0 Å². The number of carbonyl (C=O) groups is 2. The Morgan fingerprint density at radius 2 is 1.78 bits per heavy atom. The molecule has 32 heavy (non-hydrogen) atoms. The van der Waals surface area contributed by atoms with E-state index in [9.17, 15) is 9.59 Å². The van der Waals surface area contributed by atoms with E-state index in [0.29, 0.717) is 34.5 Å². The van der Waals surface area contributed by atoms with Gasteiger partial charge in [0.25, 0.3) is 11.8 Å². The molecule has 0 saturated carbocycles. The standard InChI is InChI=1S/C25H20Cl2N2O2S/c1-16-5-7-17(8-6-16)15-28-22-10-9-20(27)14-21(22)25(24(28)31)29(11-12-32-25)23(30)18-3-2-4-19(26)13-18/h2-10,13-14H,11-12,15H2,1H3. The summed E-state index contributed by atoms with van der Waals surface area (Å²) in [6.07, 6.45) is 0. The highest BCUT2D eigenvalue weighted by molar-refractivity contribution is 8.01. The summed E-state index contributed by atoms with van der Waals surface area (Å²) in [7, 11) is 0.